The Bertz CT molecular complexity index is 787. The monoisotopic (exact) mass is 527 g/mol. The maximum absolute atomic E-state index is 12.1. The van der Waals surface area contributed by atoms with Crippen LogP contribution in [0.1, 0.15) is 47.4 Å². The van der Waals surface area contributed by atoms with E-state index in [-0.39, 0.29) is 24.6 Å². The summed E-state index contributed by atoms with van der Waals surface area (Å²) in [5, 5.41) is 11.6. The molecule has 11 nitrogen and oxygen atoms in total. The van der Waals surface area contributed by atoms with Crippen LogP contribution in [0.4, 0.5) is 5.69 Å². The van der Waals surface area contributed by atoms with Gasteiger partial charge in [-0.2, -0.15) is 0 Å². The molecule has 210 valence electrons. The molecule has 1 rings (SSSR count). The van der Waals surface area contributed by atoms with Gasteiger partial charge in [0.15, 0.2) is 11.6 Å². The molecular weight excluding hydrogens is 486 g/mol. The third kappa shape index (κ3) is 16.1. The normalized spacial score (nSPS) is 11.0. The standard InChI is InChI=1S/C26H41NO10/c1-3-24(29)22-5-4-6-23(26(22)21(2)28)27-8-10-33-12-14-35-16-18-37-20-19-36-17-15-34-13-11-32-9-7-25(30)31/h4-6,27H,3,7-20H2,1-2H3,(H,30,31). The van der Waals surface area contributed by atoms with Crippen molar-refractivity contribution in [3.8, 4) is 0 Å². The van der Waals surface area contributed by atoms with Crippen molar-refractivity contribution in [3.05, 3.63) is 29.3 Å². The quantitative estimate of drug-likeness (QED) is 0.143. The van der Waals surface area contributed by atoms with Crippen LogP contribution in [0.2, 0.25) is 0 Å². The van der Waals surface area contributed by atoms with Gasteiger partial charge in [-0.3, -0.25) is 14.4 Å². The SMILES string of the molecule is CCC(=O)c1cccc(NCCOCCOCCOCCOCCOCCOCCC(=O)O)c1C(C)=O. The van der Waals surface area contributed by atoms with Gasteiger partial charge in [0.25, 0.3) is 0 Å². The highest BCUT2D eigenvalue weighted by molar-refractivity contribution is 6.11. The lowest BCUT2D eigenvalue weighted by Gasteiger charge is -2.14. The van der Waals surface area contributed by atoms with E-state index in [0.29, 0.717) is 102 Å². The zero-order chi connectivity index (χ0) is 27.1. The molecule has 0 amide bonds. The summed E-state index contributed by atoms with van der Waals surface area (Å²) in [7, 11) is 0. The molecule has 1 aromatic carbocycles. The molecule has 0 aliphatic carbocycles. The van der Waals surface area contributed by atoms with Gasteiger partial charge in [-0.1, -0.05) is 19.1 Å². The number of carboxylic acids is 1. The smallest absolute Gasteiger partial charge is 0.305 e. The highest BCUT2D eigenvalue weighted by Gasteiger charge is 2.16. The maximum Gasteiger partial charge on any atom is 0.305 e. The molecule has 0 spiro atoms. The Balaban J connectivity index is 1.92. The largest absolute Gasteiger partial charge is 0.481 e. The Morgan fingerprint density at radius 3 is 1.62 bits per heavy atom. The van der Waals surface area contributed by atoms with Gasteiger partial charge in [0.1, 0.15) is 0 Å². The van der Waals surface area contributed by atoms with Crippen molar-refractivity contribution in [2.45, 2.75) is 26.7 Å². The summed E-state index contributed by atoms with van der Waals surface area (Å²) in [4.78, 5) is 34.5. The van der Waals surface area contributed by atoms with Crippen LogP contribution >= 0.6 is 0 Å². The van der Waals surface area contributed by atoms with E-state index in [1.165, 1.54) is 6.92 Å². The Morgan fingerprint density at radius 2 is 1.19 bits per heavy atom. The number of ketones is 2. The van der Waals surface area contributed by atoms with Crippen molar-refractivity contribution in [2.24, 2.45) is 0 Å². The number of aliphatic carboxylic acids is 1. The molecule has 37 heavy (non-hydrogen) atoms. The topological polar surface area (TPSA) is 139 Å². The number of Topliss-reactive ketones (excluding diaryl/α,β-unsaturated/α-hetero) is 2. The molecule has 2 N–H and O–H groups in total. The Labute approximate surface area is 218 Å². The average molecular weight is 528 g/mol. The van der Waals surface area contributed by atoms with E-state index in [2.05, 4.69) is 5.32 Å². The number of hydrogen-bond acceptors (Lipinski definition) is 10. The molecule has 0 aliphatic rings. The molecule has 0 radical (unpaired) electrons. The minimum atomic E-state index is -0.880. The van der Waals surface area contributed by atoms with Crippen LogP contribution in [0.25, 0.3) is 0 Å². The number of nitrogens with one attached hydrogen (secondary N) is 1. The molecule has 1 aromatic rings. The molecule has 0 aliphatic heterocycles. The number of anilines is 1. The van der Waals surface area contributed by atoms with Crippen molar-refractivity contribution in [1.29, 1.82) is 0 Å². The fourth-order valence-electron chi connectivity index (χ4n) is 3.12. The van der Waals surface area contributed by atoms with E-state index in [1.807, 2.05) is 0 Å². The second-order valence-corrected chi connectivity index (χ2v) is 7.81. The van der Waals surface area contributed by atoms with Crippen LogP contribution in [0.15, 0.2) is 18.2 Å². The highest BCUT2D eigenvalue weighted by Crippen LogP contribution is 2.22. The van der Waals surface area contributed by atoms with Gasteiger partial charge in [-0.15, -0.1) is 0 Å². The predicted molar refractivity (Wildman–Crippen MR) is 137 cm³/mol. The summed E-state index contributed by atoms with van der Waals surface area (Å²) in [6.07, 6.45) is 0.337. The molecule has 11 heteroatoms. The highest BCUT2D eigenvalue weighted by atomic mass is 16.6. The van der Waals surface area contributed by atoms with Crippen molar-refractivity contribution < 1.29 is 47.9 Å². The lowest BCUT2D eigenvalue weighted by atomic mass is 9.97. The summed E-state index contributed by atoms with van der Waals surface area (Å²) in [5.41, 5.74) is 1.51. The zero-order valence-electron chi connectivity index (χ0n) is 22.0. The van der Waals surface area contributed by atoms with Crippen LogP contribution in [0.5, 0.6) is 0 Å². The summed E-state index contributed by atoms with van der Waals surface area (Å²) in [5.74, 6) is -1.08. The molecule has 0 atom stereocenters. The zero-order valence-corrected chi connectivity index (χ0v) is 22.0. The van der Waals surface area contributed by atoms with Gasteiger partial charge < -0.3 is 38.8 Å². The van der Waals surface area contributed by atoms with Gasteiger partial charge in [-0.05, 0) is 13.0 Å². The van der Waals surface area contributed by atoms with E-state index in [9.17, 15) is 14.4 Å². The molecule has 0 saturated carbocycles. The lowest BCUT2D eigenvalue weighted by molar-refractivity contribution is -0.138. The maximum atomic E-state index is 12.1. The van der Waals surface area contributed by atoms with Gasteiger partial charge in [0.2, 0.25) is 0 Å². The van der Waals surface area contributed by atoms with Crippen LogP contribution < -0.4 is 5.32 Å². The Hall–Kier alpha value is -2.41. The summed E-state index contributed by atoms with van der Waals surface area (Å²) in [6.45, 7) is 8.67. The first kappa shape index (κ1) is 32.6. The first-order valence-corrected chi connectivity index (χ1v) is 12.6. The van der Waals surface area contributed by atoms with Gasteiger partial charge in [0.05, 0.1) is 91.3 Å². The van der Waals surface area contributed by atoms with Crippen LogP contribution in [0.3, 0.4) is 0 Å². The minimum Gasteiger partial charge on any atom is -0.481 e. The first-order valence-electron chi connectivity index (χ1n) is 12.6. The fourth-order valence-corrected chi connectivity index (χ4v) is 3.12. The third-order valence-electron chi connectivity index (χ3n) is 4.92. The molecule has 0 bridgehead atoms. The molecular formula is C26H41NO10. The third-order valence-corrected chi connectivity index (χ3v) is 4.92. The van der Waals surface area contributed by atoms with Gasteiger partial charge >= 0.3 is 5.97 Å². The van der Waals surface area contributed by atoms with Crippen LogP contribution in [-0.2, 0) is 33.2 Å². The number of carbonyl (C=O) groups is 3. The van der Waals surface area contributed by atoms with E-state index in [4.69, 9.17) is 33.5 Å². The second kappa shape index (κ2) is 21.7. The lowest BCUT2D eigenvalue weighted by Crippen LogP contribution is -2.16. The molecule has 0 aromatic heterocycles. The molecule has 0 fully saturated rings. The number of carboxylic acid groups (broad SMARTS) is 1. The number of ether oxygens (including phenoxy) is 6. The Morgan fingerprint density at radius 1 is 0.730 bits per heavy atom. The van der Waals surface area contributed by atoms with E-state index < -0.39 is 5.97 Å². The fraction of sp³-hybridized carbons (Fsp3) is 0.654. The van der Waals surface area contributed by atoms with E-state index >= 15 is 0 Å². The summed E-state index contributed by atoms with van der Waals surface area (Å²) < 4.78 is 32.2. The van der Waals surface area contributed by atoms with E-state index in [0.717, 1.165) is 0 Å². The van der Waals surface area contributed by atoms with Crippen molar-refractivity contribution >= 4 is 23.2 Å². The summed E-state index contributed by atoms with van der Waals surface area (Å²) in [6, 6.07) is 5.24. The second-order valence-electron chi connectivity index (χ2n) is 7.81. The Kier molecular flexibility index (Phi) is 19.1. The van der Waals surface area contributed by atoms with E-state index in [1.54, 1.807) is 25.1 Å². The number of carbonyl (C=O) groups excluding carboxylic acids is 2. The van der Waals surface area contributed by atoms with Gasteiger partial charge in [0, 0.05) is 24.2 Å². The average Bonchev–Trinajstić information content (AvgIpc) is 2.88. The predicted octanol–water partition coefficient (Wildman–Crippen LogP) is 2.47. The van der Waals surface area contributed by atoms with Crippen molar-refractivity contribution in [2.75, 3.05) is 91.1 Å². The van der Waals surface area contributed by atoms with Crippen molar-refractivity contribution in [3.63, 3.8) is 0 Å². The molecule has 0 saturated heterocycles. The van der Waals surface area contributed by atoms with Gasteiger partial charge in [-0.25, -0.2) is 0 Å². The molecule has 0 unspecified atom stereocenters. The first-order chi connectivity index (χ1) is 18.0. The number of benzene rings is 1. The van der Waals surface area contributed by atoms with Crippen molar-refractivity contribution in [1.82, 2.24) is 0 Å². The van der Waals surface area contributed by atoms with Crippen LogP contribution in [0, 0.1) is 0 Å². The number of hydrogen-bond donors (Lipinski definition) is 2. The number of rotatable bonds is 25. The van der Waals surface area contributed by atoms with Crippen LogP contribution in [-0.4, -0.2) is 108 Å². The minimum absolute atomic E-state index is 0.00901. The summed E-state index contributed by atoms with van der Waals surface area (Å²) >= 11 is 0. The molecule has 0 heterocycles.